The minimum absolute atomic E-state index is 0.138. The summed E-state index contributed by atoms with van der Waals surface area (Å²) in [6, 6.07) is 3.82. The molecule has 0 aliphatic carbocycles. The standard InChI is InChI=1S/C11H10BrF4NO2/c12-7-1-2-9(13)8(5-7)10(18)17-3-4-19-6-11(14,15)16/h1-2,5H,3-4,6H2,(H,17,18). The zero-order valence-electron chi connectivity index (χ0n) is 9.56. The Morgan fingerprint density at radius 3 is 2.68 bits per heavy atom. The van der Waals surface area contributed by atoms with Crippen LogP contribution in [0.2, 0.25) is 0 Å². The normalized spacial score (nSPS) is 11.4. The van der Waals surface area contributed by atoms with E-state index in [1.807, 2.05) is 0 Å². The molecule has 1 aromatic carbocycles. The van der Waals surface area contributed by atoms with E-state index < -0.39 is 24.5 Å². The van der Waals surface area contributed by atoms with Gasteiger partial charge in [0.2, 0.25) is 0 Å². The zero-order valence-corrected chi connectivity index (χ0v) is 11.1. The number of ether oxygens (including phenoxy) is 1. The van der Waals surface area contributed by atoms with Crippen LogP contribution in [-0.4, -0.2) is 31.8 Å². The summed E-state index contributed by atoms with van der Waals surface area (Å²) in [5.74, 6) is -1.42. The van der Waals surface area contributed by atoms with Gasteiger partial charge < -0.3 is 10.1 Å². The fourth-order valence-electron chi connectivity index (χ4n) is 1.19. The van der Waals surface area contributed by atoms with Crippen LogP contribution in [0.1, 0.15) is 10.4 Å². The first-order valence-corrected chi connectivity index (χ1v) is 5.96. The Hall–Kier alpha value is -1.15. The average Bonchev–Trinajstić information content (AvgIpc) is 2.30. The number of carbonyl (C=O) groups excluding carboxylic acids is 1. The predicted molar refractivity (Wildman–Crippen MR) is 63.3 cm³/mol. The van der Waals surface area contributed by atoms with Crippen molar-refractivity contribution in [1.82, 2.24) is 5.32 Å². The van der Waals surface area contributed by atoms with Gasteiger partial charge in [-0.05, 0) is 18.2 Å². The van der Waals surface area contributed by atoms with Crippen LogP contribution in [0.3, 0.4) is 0 Å². The zero-order chi connectivity index (χ0) is 14.5. The molecule has 0 saturated carbocycles. The molecule has 0 radical (unpaired) electrons. The molecule has 0 aliphatic heterocycles. The van der Waals surface area contributed by atoms with E-state index in [9.17, 15) is 22.4 Å². The van der Waals surface area contributed by atoms with Crippen LogP contribution in [0.25, 0.3) is 0 Å². The van der Waals surface area contributed by atoms with Crippen LogP contribution < -0.4 is 5.32 Å². The molecule has 1 amide bonds. The van der Waals surface area contributed by atoms with Gasteiger partial charge in [-0.15, -0.1) is 0 Å². The number of hydrogen-bond donors (Lipinski definition) is 1. The Kier molecular flexibility index (Phi) is 5.74. The van der Waals surface area contributed by atoms with Crippen LogP contribution in [0.15, 0.2) is 22.7 Å². The lowest BCUT2D eigenvalue weighted by Crippen LogP contribution is -2.29. The van der Waals surface area contributed by atoms with E-state index in [1.54, 1.807) is 0 Å². The Morgan fingerprint density at radius 1 is 1.37 bits per heavy atom. The number of hydrogen-bond acceptors (Lipinski definition) is 2. The smallest absolute Gasteiger partial charge is 0.370 e. The second-order valence-corrected chi connectivity index (χ2v) is 4.46. The van der Waals surface area contributed by atoms with Crippen molar-refractivity contribution in [2.75, 3.05) is 19.8 Å². The topological polar surface area (TPSA) is 38.3 Å². The highest BCUT2D eigenvalue weighted by molar-refractivity contribution is 9.10. The SMILES string of the molecule is O=C(NCCOCC(F)(F)F)c1cc(Br)ccc1F. The molecular formula is C11H10BrF4NO2. The molecule has 1 rings (SSSR count). The molecular weight excluding hydrogens is 334 g/mol. The first-order valence-electron chi connectivity index (χ1n) is 5.17. The second-order valence-electron chi connectivity index (χ2n) is 3.55. The van der Waals surface area contributed by atoms with E-state index in [2.05, 4.69) is 26.0 Å². The third kappa shape index (κ3) is 6.02. The molecule has 1 aromatic rings. The van der Waals surface area contributed by atoms with Gasteiger partial charge >= 0.3 is 6.18 Å². The Balaban J connectivity index is 2.38. The van der Waals surface area contributed by atoms with E-state index >= 15 is 0 Å². The van der Waals surface area contributed by atoms with Crippen molar-refractivity contribution in [2.24, 2.45) is 0 Å². The van der Waals surface area contributed by atoms with E-state index in [0.717, 1.165) is 6.07 Å². The lowest BCUT2D eigenvalue weighted by atomic mass is 10.2. The number of halogens is 5. The maximum atomic E-state index is 13.3. The van der Waals surface area contributed by atoms with Crippen LogP contribution in [0.4, 0.5) is 17.6 Å². The van der Waals surface area contributed by atoms with Crippen LogP contribution in [-0.2, 0) is 4.74 Å². The van der Waals surface area contributed by atoms with Gasteiger partial charge in [0, 0.05) is 11.0 Å². The number of amides is 1. The highest BCUT2D eigenvalue weighted by Crippen LogP contribution is 2.15. The largest absolute Gasteiger partial charge is 0.411 e. The maximum absolute atomic E-state index is 13.3. The molecule has 0 unspecified atom stereocenters. The molecule has 0 bridgehead atoms. The second kappa shape index (κ2) is 6.85. The van der Waals surface area contributed by atoms with E-state index in [1.165, 1.54) is 12.1 Å². The van der Waals surface area contributed by atoms with Gasteiger partial charge in [-0.1, -0.05) is 15.9 Å². The number of alkyl halides is 3. The highest BCUT2D eigenvalue weighted by Gasteiger charge is 2.27. The number of benzene rings is 1. The fraction of sp³-hybridized carbons (Fsp3) is 0.364. The summed E-state index contributed by atoms with van der Waals surface area (Å²) in [5, 5.41) is 2.26. The first-order chi connectivity index (χ1) is 8.79. The summed E-state index contributed by atoms with van der Waals surface area (Å²) in [7, 11) is 0. The number of rotatable bonds is 5. The van der Waals surface area contributed by atoms with Crippen molar-refractivity contribution in [3.05, 3.63) is 34.1 Å². The summed E-state index contributed by atoms with van der Waals surface area (Å²) in [5.41, 5.74) is -0.190. The molecule has 0 saturated heterocycles. The molecule has 0 heterocycles. The Bertz CT molecular complexity index is 451. The van der Waals surface area contributed by atoms with Crippen LogP contribution >= 0.6 is 15.9 Å². The third-order valence-electron chi connectivity index (χ3n) is 1.97. The lowest BCUT2D eigenvalue weighted by molar-refractivity contribution is -0.173. The van der Waals surface area contributed by atoms with E-state index in [0.29, 0.717) is 4.47 Å². The monoisotopic (exact) mass is 343 g/mol. The summed E-state index contributed by atoms with van der Waals surface area (Å²) in [6.45, 7) is -1.82. The summed E-state index contributed by atoms with van der Waals surface area (Å²) in [4.78, 5) is 11.5. The minimum atomic E-state index is -4.40. The molecule has 0 fully saturated rings. The average molecular weight is 344 g/mol. The summed E-state index contributed by atoms with van der Waals surface area (Å²) < 4.78 is 53.3. The van der Waals surface area contributed by atoms with Crippen molar-refractivity contribution >= 4 is 21.8 Å². The molecule has 0 spiro atoms. The molecule has 3 nitrogen and oxygen atoms in total. The van der Waals surface area contributed by atoms with Gasteiger partial charge in [0.15, 0.2) is 0 Å². The Labute approximate surface area is 115 Å². The van der Waals surface area contributed by atoms with Gasteiger partial charge in [-0.2, -0.15) is 13.2 Å². The maximum Gasteiger partial charge on any atom is 0.411 e. The fourth-order valence-corrected chi connectivity index (χ4v) is 1.55. The molecule has 0 aromatic heterocycles. The van der Waals surface area contributed by atoms with Crippen molar-refractivity contribution in [3.63, 3.8) is 0 Å². The van der Waals surface area contributed by atoms with Crippen molar-refractivity contribution < 1.29 is 27.1 Å². The van der Waals surface area contributed by atoms with Gasteiger partial charge in [-0.25, -0.2) is 4.39 Å². The molecule has 0 aliphatic rings. The summed E-state index contributed by atoms with van der Waals surface area (Å²) in [6.07, 6.45) is -4.40. The quantitative estimate of drug-likeness (QED) is 0.659. The van der Waals surface area contributed by atoms with E-state index in [-0.39, 0.29) is 18.7 Å². The van der Waals surface area contributed by atoms with Crippen LogP contribution in [0.5, 0.6) is 0 Å². The first kappa shape index (κ1) is 15.9. The van der Waals surface area contributed by atoms with Gasteiger partial charge in [0.05, 0.1) is 12.2 Å². The number of carbonyl (C=O) groups is 1. The van der Waals surface area contributed by atoms with Gasteiger partial charge in [0.25, 0.3) is 5.91 Å². The number of nitrogens with one attached hydrogen (secondary N) is 1. The van der Waals surface area contributed by atoms with Gasteiger partial charge in [0.1, 0.15) is 12.4 Å². The summed E-state index contributed by atoms with van der Waals surface area (Å²) >= 11 is 3.08. The lowest BCUT2D eigenvalue weighted by Gasteiger charge is -2.09. The molecule has 19 heavy (non-hydrogen) atoms. The van der Waals surface area contributed by atoms with Crippen molar-refractivity contribution in [2.45, 2.75) is 6.18 Å². The van der Waals surface area contributed by atoms with Gasteiger partial charge in [-0.3, -0.25) is 4.79 Å². The van der Waals surface area contributed by atoms with Crippen molar-refractivity contribution in [1.29, 1.82) is 0 Å². The molecule has 106 valence electrons. The Morgan fingerprint density at radius 2 is 2.05 bits per heavy atom. The van der Waals surface area contributed by atoms with Crippen LogP contribution in [0, 0.1) is 5.82 Å². The molecule has 1 N–H and O–H groups in total. The third-order valence-corrected chi connectivity index (χ3v) is 2.46. The molecule has 8 heteroatoms. The van der Waals surface area contributed by atoms with Crippen molar-refractivity contribution in [3.8, 4) is 0 Å². The van der Waals surface area contributed by atoms with E-state index in [4.69, 9.17) is 0 Å². The molecule has 0 atom stereocenters. The predicted octanol–water partition coefficient (Wildman–Crippen LogP) is 2.90. The minimum Gasteiger partial charge on any atom is -0.370 e. The highest BCUT2D eigenvalue weighted by atomic mass is 79.9.